The molecule has 0 radical (unpaired) electrons. The van der Waals surface area contributed by atoms with E-state index in [0.717, 1.165) is 0 Å². The molecular weight excluding hydrogens is 312 g/mol. The molecule has 0 saturated carbocycles. The molecule has 0 unspecified atom stereocenters. The van der Waals surface area contributed by atoms with E-state index in [4.69, 9.17) is 0 Å². The van der Waals surface area contributed by atoms with Crippen molar-refractivity contribution in [1.82, 2.24) is 9.62 Å². The van der Waals surface area contributed by atoms with Gasteiger partial charge in [0, 0.05) is 25.7 Å². The first kappa shape index (κ1) is 16.4. The molecule has 0 amide bonds. The molecule has 1 fully saturated rings. The second-order valence-electron chi connectivity index (χ2n) is 5.04. The van der Waals surface area contributed by atoms with E-state index >= 15 is 0 Å². The number of nitrogens with zero attached hydrogens (tertiary/aromatic N) is 1. The lowest BCUT2D eigenvalue weighted by atomic mass is 10.3. The van der Waals surface area contributed by atoms with Crippen LogP contribution in [0.1, 0.15) is 13.8 Å². The van der Waals surface area contributed by atoms with E-state index in [0.29, 0.717) is 19.6 Å². The minimum atomic E-state index is -3.58. The number of benzene rings is 1. The number of rotatable bonds is 4. The van der Waals surface area contributed by atoms with Crippen LogP contribution in [0.25, 0.3) is 0 Å². The standard InChI is InChI=1S/C13H20N2O4S2/c1-3-20(16,17)12-4-6-13(7-5-12)21(18,19)15-9-8-14-10-11(15)2/h4-7,11,14H,3,8-10H2,1-2H3/t11-/m1/s1. The van der Waals surface area contributed by atoms with Crippen LogP contribution >= 0.6 is 0 Å². The van der Waals surface area contributed by atoms with Crippen LogP contribution in [0.3, 0.4) is 0 Å². The molecule has 0 bridgehead atoms. The van der Waals surface area contributed by atoms with Crippen molar-refractivity contribution < 1.29 is 16.8 Å². The van der Waals surface area contributed by atoms with Crippen LogP contribution < -0.4 is 5.32 Å². The lowest BCUT2D eigenvalue weighted by Gasteiger charge is -2.32. The zero-order valence-electron chi connectivity index (χ0n) is 12.1. The van der Waals surface area contributed by atoms with E-state index in [1.807, 2.05) is 6.92 Å². The van der Waals surface area contributed by atoms with Crippen LogP contribution in [0.2, 0.25) is 0 Å². The fourth-order valence-corrected chi connectivity index (χ4v) is 4.82. The maximum atomic E-state index is 12.6. The van der Waals surface area contributed by atoms with E-state index in [1.165, 1.54) is 28.6 Å². The van der Waals surface area contributed by atoms with Crippen molar-refractivity contribution in [2.75, 3.05) is 25.4 Å². The van der Waals surface area contributed by atoms with Crippen molar-refractivity contribution in [3.8, 4) is 0 Å². The van der Waals surface area contributed by atoms with Gasteiger partial charge in [0.05, 0.1) is 15.5 Å². The maximum absolute atomic E-state index is 12.6. The van der Waals surface area contributed by atoms with Gasteiger partial charge in [-0.15, -0.1) is 0 Å². The van der Waals surface area contributed by atoms with Gasteiger partial charge >= 0.3 is 0 Å². The van der Waals surface area contributed by atoms with Crippen molar-refractivity contribution in [3.05, 3.63) is 24.3 Å². The summed E-state index contributed by atoms with van der Waals surface area (Å²) in [5.41, 5.74) is 0. The average molecular weight is 332 g/mol. The molecule has 1 heterocycles. The first-order valence-corrected chi connectivity index (χ1v) is 9.93. The molecule has 1 aromatic carbocycles. The zero-order valence-corrected chi connectivity index (χ0v) is 13.7. The van der Waals surface area contributed by atoms with Crippen molar-refractivity contribution >= 4 is 19.9 Å². The van der Waals surface area contributed by atoms with Crippen LogP contribution in [0.5, 0.6) is 0 Å². The quantitative estimate of drug-likeness (QED) is 0.866. The van der Waals surface area contributed by atoms with Crippen LogP contribution in [-0.2, 0) is 19.9 Å². The summed E-state index contributed by atoms with van der Waals surface area (Å²) in [6, 6.07) is 5.33. The number of nitrogens with one attached hydrogen (secondary N) is 1. The Morgan fingerprint density at radius 3 is 2.24 bits per heavy atom. The SMILES string of the molecule is CCS(=O)(=O)c1ccc(S(=O)(=O)N2CCNC[C@H]2C)cc1. The van der Waals surface area contributed by atoms with Crippen LogP contribution in [0.4, 0.5) is 0 Å². The molecule has 6 nitrogen and oxygen atoms in total. The normalized spacial score (nSPS) is 21.3. The third kappa shape index (κ3) is 3.28. The van der Waals surface area contributed by atoms with Gasteiger partial charge in [-0.1, -0.05) is 6.92 Å². The third-order valence-electron chi connectivity index (χ3n) is 3.61. The van der Waals surface area contributed by atoms with Crippen molar-refractivity contribution in [3.63, 3.8) is 0 Å². The maximum Gasteiger partial charge on any atom is 0.243 e. The summed E-state index contributed by atoms with van der Waals surface area (Å²) in [5, 5.41) is 3.14. The summed E-state index contributed by atoms with van der Waals surface area (Å²) in [5.74, 6) is -0.00603. The summed E-state index contributed by atoms with van der Waals surface area (Å²) >= 11 is 0. The number of sulfonamides is 1. The van der Waals surface area contributed by atoms with E-state index < -0.39 is 19.9 Å². The van der Waals surface area contributed by atoms with E-state index in [9.17, 15) is 16.8 Å². The number of sulfone groups is 1. The molecule has 1 aliphatic heterocycles. The number of hydrogen-bond acceptors (Lipinski definition) is 5. The van der Waals surface area contributed by atoms with Crippen molar-refractivity contribution in [1.29, 1.82) is 0 Å². The molecule has 2 rings (SSSR count). The summed E-state index contributed by atoms with van der Waals surface area (Å²) in [4.78, 5) is 0.281. The summed E-state index contributed by atoms with van der Waals surface area (Å²) in [7, 11) is -6.90. The Morgan fingerprint density at radius 2 is 1.71 bits per heavy atom. The van der Waals surface area contributed by atoms with Crippen LogP contribution in [0, 0.1) is 0 Å². The highest BCUT2D eigenvalue weighted by Gasteiger charge is 2.30. The van der Waals surface area contributed by atoms with E-state index in [1.54, 1.807) is 6.92 Å². The fourth-order valence-electron chi connectivity index (χ4n) is 2.30. The van der Waals surface area contributed by atoms with Gasteiger partial charge in [-0.05, 0) is 31.2 Å². The predicted octanol–water partition coefficient (Wildman–Crippen LogP) is 0.463. The highest BCUT2D eigenvalue weighted by Crippen LogP contribution is 2.21. The van der Waals surface area contributed by atoms with Gasteiger partial charge in [-0.2, -0.15) is 4.31 Å². The second kappa shape index (κ2) is 6.04. The minimum absolute atomic E-state index is 0.00603. The molecule has 1 atom stereocenters. The van der Waals surface area contributed by atoms with E-state index in [-0.39, 0.29) is 21.6 Å². The molecule has 0 spiro atoms. The number of piperazine rings is 1. The van der Waals surface area contributed by atoms with Gasteiger partial charge < -0.3 is 5.32 Å². The largest absolute Gasteiger partial charge is 0.314 e. The molecule has 0 aromatic heterocycles. The monoisotopic (exact) mass is 332 g/mol. The smallest absolute Gasteiger partial charge is 0.243 e. The number of hydrogen-bond donors (Lipinski definition) is 1. The Labute approximate surface area is 126 Å². The lowest BCUT2D eigenvalue weighted by Crippen LogP contribution is -2.52. The Balaban J connectivity index is 2.33. The molecular formula is C13H20N2O4S2. The Bertz CT molecular complexity index is 696. The molecule has 21 heavy (non-hydrogen) atoms. The summed E-state index contributed by atoms with van der Waals surface area (Å²) < 4.78 is 50.1. The molecule has 1 N–H and O–H groups in total. The van der Waals surface area contributed by atoms with Crippen LogP contribution in [-0.4, -0.2) is 52.6 Å². The minimum Gasteiger partial charge on any atom is -0.314 e. The van der Waals surface area contributed by atoms with E-state index in [2.05, 4.69) is 5.32 Å². The first-order chi connectivity index (χ1) is 9.79. The average Bonchev–Trinajstić information content (AvgIpc) is 2.47. The lowest BCUT2D eigenvalue weighted by molar-refractivity contribution is 0.284. The summed E-state index contributed by atoms with van der Waals surface area (Å²) in [6.45, 7) is 5.05. The van der Waals surface area contributed by atoms with Gasteiger partial charge in [-0.3, -0.25) is 0 Å². The Morgan fingerprint density at radius 1 is 1.14 bits per heavy atom. The molecule has 1 saturated heterocycles. The topological polar surface area (TPSA) is 83.5 Å². The fraction of sp³-hybridized carbons (Fsp3) is 0.538. The third-order valence-corrected chi connectivity index (χ3v) is 7.39. The van der Waals surface area contributed by atoms with Gasteiger partial charge in [0.15, 0.2) is 9.84 Å². The van der Waals surface area contributed by atoms with Crippen molar-refractivity contribution in [2.24, 2.45) is 0 Å². The first-order valence-electron chi connectivity index (χ1n) is 6.84. The van der Waals surface area contributed by atoms with Crippen molar-refractivity contribution in [2.45, 2.75) is 29.7 Å². The molecule has 8 heteroatoms. The molecule has 1 aromatic rings. The Kier molecular flexibility index (Phi) is 4.72. The van der Waals surface area contributed by atoms with Gasteiger partial charge in [0.2, 0.25) is 10.0 Å². The highest BCUT2D eigenvalue weighted by atomic mass is 32.2. The highest BCUT2D eigenvalue weighted by molar-refractivity contribution is 7.91. The van der Waals surface area contributed by atoms with Gasteiger partial charge in [0.1, 0.15) is 0 Å². The van der Waals surface area contributed by atoms with Crippen LogP contribution in [0.15, 0.2) is 34.1 Å². The zero-order chi connectivity index (χ0) is 15.7. The molecule has 118 valence electrons. The molecule has 1 aliphatic rings. The van der Waals surface area contributed by atoms with Gasteiger partial charge in [0.25, 0.3) is 0 Å². The Hall–Kier alpha value is -0.960. The van der Waals surface area contributed by atoms with Gasteiger partial charge in [-0.25, -0.2) is 16.8 Å². The molecule has 0 aliphatic carbocycles. The second-order valence-corrected chi connectivity index (χ2v) is 9.21. The predicted molar refractivity (Wildman–Crippen MR) is 80.4 cm³/mol. The summed E-state index contributed by atoms with van der Waals surface area (Å²) in [6.07, 6.45) is 0.